The first-order valence-corrected chi connectivity index (χ1v) is 5.87. The molecule has 0 saturated heterocycles. The summed E-state index contributed by atoms with van der Waals surface area (Å²) < 4.78 is 37.2. The van der Waals surface area contributed by atoms with Crippen molar-refractivity contribution in [2.24, 2.45) is 0 Å². The average molecular weight is 262 g/mol. The van der Waals surface area contributed by atoms with Gasteiger partial charge in [0.2, 0.25) is 0 Å². The van der Waals surface area contributed by atoms with E-state index in [1.807, 2.05) is 37.3 Å². The molecule has 0 amide bonds. The molecule has 0 aromatic heterocycles. The highest BCUT2D eigenvalue weighted by molar-refractivity contribution is 5.69. The number of rotatable bonds is 2. The molecule has 19 heavy (non-hydrogen) atoms. The highest BCUT2D eigenvalue weighted by Crippen LogP contribution is 2.29. The van der Waals surface area contributed by atoms with Crippen LogP contribution in [0.3, 0.4) is 0 Å². The molecule has 0 spiro atoms. The lowest BCUT2D eigenvalue weighted by atomic mass is 10.1. The number of aryl methyl sites for hydroxylation is 1. The van der Waals surface area contributed by atoms with Crippen molar-refractivity contribution in [3.63, 3.8) is 0 Å². The van der Waals surface area contributed by atoms with E-state index in [0.717, 1.165) is 28.8 Å². The Labute approximate surface area is 110 Å². The van der Waals surface area contributed by atoms with E-state index in [2.05, 4.69) is 0 Å². The van der Waals surface area contributed by atoms with Crippen molar-refractivity contribution in [3.8, 4) is 0 Å². The Kier molecular flexibility index (Phi) is 3.74. The minimum absolute atomic E-state index is 0.625. The van der Waals surface area contributed by atoms with E-state index in [0.29, 0.717) is 0 Å². The largest absolute Gasteiger partial charge is 0.416 e. The van der Waals surface area contributed by atoms with E-state index >= 15 is 0 Å². The van der Waals surface area contributed by atoms with E-state index in [4.69, 9.17) is 0 Å². The molecule has 0 unspecified atom stereocenters. The van der Waals surface area contributed by atoms with Gasteiger partial charge in [0.15, 0.2) is 0 Å². The van der Waals surface area contributed by atoms with Crippen LogP contribution < -0.4 is 0 Å². The van der Waals surface area contributed by atoms with Gasteiger partial charge in [-0.2, -0.15) is 13.2 Å². The van der Waals surface area contributed by atoms with E-state index in [1.54, 1.807) is 6.08 Å². The Morgan fingerprint density at radius 1 is 0.842 bits per heavy atom. The molecule has 0 fully saturated rings. The number of hydrogen-bond donors (Lipinski definition) is 0. The molecule has 98 valence electrons. The second kappa shape index (κ2) is 5.31. The monoisotopic (exact) mass is 262 g/mol. The molecule has 0 N–H and O–H groups in total. The van der Waals surface area contributed by atoms with Crippen molar-refractivity contribution in [1.29, 1.82) is 0 Å². The van der Waals surface area contributed by atoms with Crippen molar-refractivity contribution in [2.75, 3.05) is 0 Å². The van der Waals surface area contributed by atoms with Gasteiger partial charge in [-0.3, -0.25) is 0 Å². The van der Waals surface area contributed by atoms with Crippen LogP contribution in [0.5, 0.6) is 0 Å². The average Bonchev–Trinajstić information content (AvgIpc) is 2.36. The van der Waals surface area contributed by atoms with Crippen LogP contribution in [0.25, 0.3) is 12.2 Å². The molecule has 0 aliphatic heterocycles. The van der Waals surface area contributed by atoms with E-state index in [1.165, 1.54) is 12.1 Å². The second-order valence-electron chi connectivity index (χ2n) is 4.37. The number of halogens is 3. The number of benzene rings is 2. The van der Waals surface area contributed by atoms with Gasteiger partial charge in [-0.25, -0.2) is 0 Å². The van der Waals surface area contributed by atoms with Crippen LogP contribution in [0.15, 0.2) is 48.5 Å². The first-order valence-electron chi connectivity index (χ1n) is 5.87. The molecule has 0 radical (unpaired) electrons. The van der Waals surface area contributed by atoms with E-state index in [-0.39, 0.29) is 0 Å². The van der Waals surface area contributed by atoms with Gasteiger partial charge < -0.3 is 0 Å². The topological polar surface area (TPSA) is 0 Å². The van der Waals surface area contributed by atoms with Crippen LogP contribution in [-0.4, -0.2) is 0 Å². The smallest absolute Gasteiger partial charge is 0.166 e. The van der Waals surface area contributed by atoms with Gasteiger partial charge in [0, 0.05) is 0 Å². The van der Waals surface area contributed by atoms with Gasteiger partial charge >= 0.3 is 6.18 Å². The summed E-state index contributed by atoms with van der Waals surface area (Å²) in [7, 11) is 0. The molecule has 2 aromatic rings. The van der Waals surface area contributed by atoms with Crippen LogP contribution in [-0.2, 0) is 6.18 Å². The Hall–Kier alpha value is -2.03. The highest BCUT2D eigenvalue weighted by atomic mass is 19.4. The van der Waals surface area contributed by atoms with Crippen molar-refractivity contribution in [3.05, 3.63) is 70.8 Å². The zero-order valence-corrected chi connectivity index (χ0v) is 10.4. The van der Waals surface area contributed by atoms with Crippen LogP contribution in [0.1, 0.15) is 22.3 Å². The summed E-state index contributed by atoms with van der Waals surface area (Å²) in [5.41, 5.74) is 2.30. The Bertz CT molecular complexity index is 578. The Morgan fingerprint density at radius 3 is 2.05 bits per heavy atom. The highest BCUT2D eigenvalue weighted by Gasteiger charge is 2.29. The van der Waals surface area contributed by atoms with Crippen molar-refractivity contribution in [1.82, 2.24) is 0 Å². The Balaban J connectivity index is 2.16. The molecule has 0 heterocycles. The van der Waals surface area contributed by atoms with Gasteiger partial charge in [-0.15, -0.1) is 0 Å². The third-order valence-electron chi connectivity index (χ3n) is 2.75. The lowest BCUT2D eigenvalue weighted by Crippen LogP contribution is -2.03. The fourth-order valence-corrected chi connectivity index (χ4v) is 1.75. The molecule has 0 bridgehead atoms. The molecular formula is C16H13F3. The first-order chi connectivity index (χ1) is 8.95. The molecule has 0 nitrogen and oxygen atoms in total. The fourth-order valence-electron chi connectivity index (χ4n) is 1.75. The standard InChI is InChI=1S/C16H13F3/c1-12-3-2-4-14(11-12)6-5-13-7-9-15(10-8-13)16(17,18)19/h2-11H,1H3. The van der Waals surface area contributed by atoms with Gasteiger partial charge in [-0.05, 0) is 30.2 Å². The van der Waals surface area contributed by atoms with Crippen LogP contribution in [0, 0.1) is 6.92 Å². The second-order valence-corrected chi connectivity index (χ2v) is 4.37. The lowest BCUT2D eigenvalue weighted by molar-refractivity contribution is -0.137. The van der Waals surface area contributed by atoms with Crippen molar-refractivity contribution >= 4 is 12.2 Å². The SMILES string of the molecule is Cc1cccc(C=Cc2ccc(C(F)(F)F)cc2)c1. The summed E-state index contributed by atoms with van der Waals surface area (Å²) in [5.74, 6) is 0. The first kappa shape index (κ1) is 13.4. The molecule has 2 aromatic carbocycles. The third kappa shape index (κ3) is 3.71. The summed E-state index contributed by atoms with van der Waals surface area (Å²) in [6.07, 6.45) is -0.594. The predicted octanol–water partition coefficient (Wildman–Crippen LogP) is 5.18. The maximum Gasteiger partial charge on any atom is 0.416 e. The third-order valence-corrected chi connectivity index (χ3v) is 2.75. The summed E-state index contributed by atoms with van der Waals surface area (Å²) in [4.78, 5) is 0. The zero-order valence-electron chi connectivity index (χ0n) is 10.4. The van der Waals surface area contributed by atoms with Crippen LogP contribution >= 0.6 is 0 Å². The van der Waals surface area contributed by atoms with Crippen molar-refractivity contribution < 1.29 is 13.2 Å². The minimum atomic E-state index is -4.28. The summed E-state index contributed by atoms with van der Waals surface area (Å²) in [5, 5.41) is 0. The molecule has 2 rings (SSSR count). The molecule has 3 heteroatoms. The van der Waals surface area contributed by atoms with Gasteiger partial charge in [0.05, 0.1) is 5.56 Å². The molecule has 0 atom stereocenters. The lowest BCUT2D eigenvalue weighted by Gasteiger charge is -2.05. The van der Waals surface area contributed by atoms with E-state index in [9.17, 15) is 13.2 Å². The predicted molar refractivity (Wildman–Crippen MR) is 71.6 cm³/mol. The quantitative estimate of drug-likeness (QED) is 0.654. The maximum absolute atomic E-state index is 12.4. The minimum Gasteiger partial charge on any atom is -0.166 e. The fraction of sp³-hybridized carbons (Fsp3) is 0.125. The molecule has 0 saturated carbocycles. The van der Waals surface area contributed by atoms with Gasteiger partial charge in [0.1, 0.15) is 0 Å². The molecule has 0 aliphatic rings. The maximum atomic E-state index is 12.4. The summed E-state index contributed by atoms with van der Waals surface area (Å²) in [6, 6.07) is 13.0. The molecular weight excluding hydrogens is 249 g/mol. The number of hydrogen-bond acceptors (Lipinski definition) is 0. The van der Waals surface area contributed by atoms with Crippen molar-refractivity contribution in [2.45, 2.75) is 13.1 Å². The van der Waals surface area contributed by atoms with E-state index < -0.39 is 11.7 Å². The summed E-state index contributed by atoms with van der Waals surface area (Å²) >= 11 is 0. The van der Waals surface area contributed by atoms with Gasteiger partial charge in [0.25, 0.3) is 0 Å². The Morgan fingerprint density at radius 2 is 1.47 bits per heavy atom. The van der Waals surface area contributed by atoms with Crippen LogP contribution in [0.2, 0.25) is 0 Å². The van der Waals surface area contributed by atoms with Crippen LogP contribution in [0.4, 0.5) is 13.2 Å². The molecule has 0 aliphatic carbocycles. The summed E-state index contributed by atoms with van der Waals surface area (Å²) in [6.45, 7) is 2.00. The normalized spacial score (nSPS) is 12.0. The number of alkyl halides is 3. The zero-order chi connectivity index (χ0) is 13.9. The van der Waals surface area contributed by atoms with Gasteiger partial charge in [-0.1, -0.05) is 54.1 Å².